The molecule has 0 saturated heterocycles. The number of thiol groups is 1. The van der Waals surface area contributed by atoms with E-state index >= 15 is 0 Å². The van der Waals surface area contributed by atoms with Crippen LogP contribution in [0.3, 0.4) is 0 Å². The van der Waals surface area contributed by atoms with Crippen molar-refractivity contribution in [2.45, 2.75) is 51.4 Å². The summed E-state index contributed by atoms with van der Waals surface area (Å²) in [6.07, 6.45) is 11.8. The van der Waals surface area contributed by atoms with E-state index in [0.717, 1.165) is 31.0 Å². The highest BCUT2D eigenvalue weighted by Crippen LogP contribution is 2.19. The average molecular weight is 292 g/mol. The fourth-order valence-corrected chi connectivity index (χ4v) is 2.47. The number of allylic oxidation sites excluding steroid dienone is 1. The van der Waals surface area contributed by atoms with Gasteiger partial charge in [-0.1, -0.05) is 56.4 Å². The zero-order valence-electron chi connectivity index (χ0n) is 12.5. The summed E-state index contributed by atoms with van der Waals surface area (Å²) in [6, 6.07) is 8.24. The van der Waals surface area contributed by atoms with E-state index in [1.807, 2.05) is 12.1 Å². The van der Waals surface area contributed by atoms with E-state index in [9.17, 15) is 0 Å². The van der Waals surface area contributed by atoms with Crippen LogP contribution in [0.1, 0.15) is 50.5 Å². The van der Waals surface area contributed by atoms with Gasteiger partial charge in [0.25, 0.3) is 0 Å². The third kappa shape index (κ3) is 7.64. The SMILES string of the molecule is C=CCc1ccccc1OCCCCCCCCCS. The van der Waals surface area contributed by atoms with Crippen LogP contribution in [0.5, 0.6) is 5.75 Å². The van der Waals surface area contributed by atoms with Gasteiger partial charge in [0.2, 0.25) is 0 Å². The van der Waals surface area contributed by atoms with Gasteiger partial charge in [0.1, 0.15) is 5.75 Å². The van der Waals surface area contributed by atoms with Crippen molar-refractivity contribution >= 4 is 12.6 Å². The van der Waals surface area contributed by atoms with Crippen LogP contribution in [0.15, 0.2) is 36.9 Å². The molecule has 0 atom stereocenters. The number of rotatable bonds is 12. The molecule has 0 amide bonds. The molecule has 0 fully saturated rings. The lowest BCUT2D eigenvalue weighted by atomic mass is 10.1. The molecule has 0 aliphatic rings. The lowest BCUT2D eigenvalue weighted by molar-refractivity contribution is 0.302. The highest BCUT2D eigenvalue weighted by atomic mass is 32.1. The largest absolute Gasteiger partial charge is 0.493 e. The summed E-state index contributed by atoms with van der Waals surface area (Å²) >= 11 is 4.23. The molecule has 0 bridgehead atoms. The van der Waals surface area contributed by atoms with Crippen LogP contribution in [-0.2, 0) is 6.42 Å². The van der Waals surface area contributed by atoms with E-state index in [1.165, 1.54) is 44.1 Å². The van der Waals surface area contributed by atoms with Gasteiger partial charge in [0.15, 0.2) is 0 Å². The maximum Gasteiger partial charge on any atom is 0.122 e. The Kier molecular flexibility index (Phi) is 10.2. The van der Waals surface area contributed by atoms with Gasteiger partial charge in [-0.05, 0) is 36.6 Å². The first-order valence-corrected chi connectivity index (χ1v) is 8.44. The van der Waals surface area contributed by atoms with Crippen LogP contribution >= 0.6 is 12.6 Å². The summed E-state index contributed by atoms with van der Waals surface area (Å²) in [5, 5.41) is 0. The fourth-order valence-electron chi connectivity index (χ4n) is 2.25. The van der Waals surface area contributed by atoms with E-state index in [0.29, 0.717) is 0 Å². The molecular formula is C18H28OS. The molecule has 20 heavy (non-hydrogen) atoms. The first-order valence-electron chi connectivity index (χ1n) is 7.81. The summed E-state index contributed by atoms with van der Waals surface area (Å²) in [5.74, 6) is 2.04. The number of hydrogen-bond acceptors (Lipinski definition) is 2. The van der Waals surface area contributed by atoms with Gasteiger partial charge in [-0.25, -0.2) is 0 Å². The van der Waals surface area contributed by atoms with Gasteiger partial charge >= 0.3 is 0 Å². The van der Waals surface area contributed by atoms with Gasteiger partial charge < -0.3 is 4.74 Å². The van der Waals surface area contributed by atoms with Gasteiger partial charge in [0.05, 0.1) is 6.61 Å². The first kappa shape index (κ1) is 17.2. The van der Waals surface area contributed by atoms with Gasteiger partial charge in [-0.2, -0.15) is 12.6 Å². The molecule has 0 saturated carbocycles. The maximum atomic E-state index is 5.88. The fraction of sp³-hybridized carbons (Fsp3) is 0.556. The Labute approximate surface area is 129 Å². The minimum absolute atomic E-state index is 0.824. The van der Waals surface area contributed by atoms with E-state index in [2.05, 4.69) is 37.4 Å². The third-order valence-electron chi connectivity index (χ3n) is 3.40. The Morgan fingerprint density at radius 1 is 0.950 bits per heavy atom. The molecule has 1 nitrogen and oxygen atoms in total. The Hall–Kier alpha value is -0.890. The molecule has 0 aliphatic carbocycles. The second-order valence-corrected chi connectivity index (χ2v) is 5.59. The van der Waals surface area contributed by atoms with Crippen molar-refractivity contribution in [3.05, 3.63) is 42.5 Å². The van der Waals surface area contributed by atoms with Crippen LogP contribution in [0.4, 0.5) is 0 Å². The van der Waals surface area contributed by atoms with Crippen LogP contribution in [0.25, 0.3) is 0 Å². The summed E-state index contributed by atoms with van der Waals surface area (Å²) < 4.78 is 5.88. The summed E-state index contributed by atoms with van der Waals surface area (Å²) in [4.78, 5) is 0. The van der Waals surface area contributed by atoms with Crippen LogP contribution in [0.2, 0.25) is 0 Å². The zero-order chi connectivity index (χ0) is 14.5. The predicted molar refractivity (Wildman–Crippen MR) is 92.0 cm³/mol. The molecule has 0 heterocycles. The molecule has 0 spiro atoms. The molecule has 2 heteroatoms. The standard InChI is InChI=1S/C18H28OS/c1-2-12-17-13-8-9-14-18(17)19-15-10-6-4-3-5-7-11-16-20/h2,8-9,13-14,20H,1,3-7,10-12,15-16H2. The van der Waals surface area contributed by atoms with Crippen molar-refractivity contribution in [1.29, 1.82) is 0 Å². The second-order valence-electron chi connectivity index (χ2n) is 5.15. The first-order chi connectivity index (χ1) is 9.88. The van der Waals surface area contributed by atoms with Crippen molar-refractivity contribution in [3.8, 4) is 5.75 Å². The maximum absolute atomic E-state index is 5.88. The molecule has 1 rings (SSSR count). The van der Waals surface area contributed by atoms with E-state index < -0.39 is 0 Å². The zero-order valence-corrected chi connectivity index (χ0v) is 13.4. The molecule has 112 valence electrons. The highest BCUT2D eigenvalue weighted by Gasteiger charge is 2.00. The molecule has 1 aromatic carbocycles. The van der Waals surface area contributed by atoms with Crippen molar-refractivity contribution < 1.29 is 4.74 Å². The molecule has 0 aromatic heterocycles. The summed E-state index contributed by atoms with van der Waals surface area (Å²) in [6.45, 7) is 4.61. The van der Waals surface area contributed by atoms with Crippen molar-refractivity contribution in [2.24, 2.45) is 0 Å². The summed E-state index contributed by atoms with van der Waals surface area (Å²) in [7, 11) is 0. The minimum atomic E-state index is 0.824. The summed E-state index contributed by atoms with van der Waals surface area (Å²) in [5.41, 5.74) is 1.23. The van der Waals surface area contributed by atoms with E-state index in [4.69, 9.17) is 4.74 Å². The lowest BCUT2D eigenvalue weighted by Crippen LogP contribution is -2.00. The van der Waals surface area contributed by atoms with Crippen molar-refractivity contribution in [1.82, 2.24) is 0 Å². The Morgan fingerprint density at radius 2 is 1.60 bits per heavy atom. The van der Waals surface area contributed by atoms with Crippen LogP contribution in [0, 0.1) is 0 Å². The van der Waals surface area contributed by atoms with E-state index in [-0.39, 0.29) is 0 Å². The Morgan fingerprint density at radius 3 is 2.30 bits per heavy atom. The number of unbranched alkanes of at least 4 members (excludes halogenated alkanes) is 6. The topological polar surface area (TPSA) is 9.23 Å². The lowest BCUT2D eigenvalue weighted by Gasteiger charge is -2.10. The van der Waals surface area contributed by atoms with Crippen LogP contribution in [-0.4, -0.2) is 12.4 Å². The quantitative estimate of drug-likeness (QED) is 0.306. The van der Waals surface area contributed by atoms with E-state index in [1.54, 1.807) is 0 Å². The van der Waals surface area contributed by atoms with Crippen LogP contribution < -0.4 is 4.74 Å². The molecule has 1 aromatic rings. The van der Waals surface area contributed by atoms with Crippen molar-refractivity contribution in [2.75, 3.05) is 12.4 Å². The Bertz CT molecular complexity index is 362. The number of ether oxygens (including phenoxy) is 1. The molecular weight excluding hydrogens is 264 g/mol. The highest BCUT2D eigenvalue weighted by molar-refractivity contribution is 7.80. The molecule has 0 aliphatic heterocycles. The second kappa shape index (κ2) is 11.9. The number of hydrogen-bond donors (Lipinski definition) is 1. The third-order valence-corrected chi connectivity index (χ3v) is 3.71. The average Bonchev–Trinajstić information content (AvgIpc) is 2.47. The van der Waals surface area contributed by atoms with Crippen molar-refractivity contribution in [3.63, 3.8) is 0 Å². The van der Waals surface area contributed by atoms with Gasteiger partial charge in [-0.15, -0.1) is 6.58 Å². The number of para-hydroxylation sites is 1. The number of benzene rings is 1. The van der Waals surface area contributed by atoms with Gasteiger partial charge in [0, 0.05) is 0 Å². The minimum Gasteiger partial charge on any atom is -0.493 e. The monoisotopic (exact) mass is 292 g/mol. The molecule has 0 N–H and O–H groups in total. The molecule has 0 unspecified atom stereocenters. The Balaban J connectivity index is 2.08. The molecule has 0 radical (unpaired) electrons. The van der Waals surface area contributed by atoms with Gasteiger partial charge in [-0.3, -0.25) is 0 Å². The normalized spacial score (nSPS) is 10.4. The predicted octanol–water partition coefficient (Wildman–Crippen LogP) is 5.45. The smallest absolute Gasteiger partial charge is 0.122 e.